The molecule has 1 aromatic carbocycles. The van der Waals surface area contributed by atoms with Crippen molar-refractivity contribution < 1.29 is 4.79 Å². The number of aromatic nitrogens is 3. The lowest BCUT2D eigenvalue weighted by Crippen LogP contribution is -2.27. The van der Waals surface area contributed by atoms with Crippen molar-refractivity contribution in [1.29, 1.82) is 0 Å². The highest BCUT2D eigenvalue weighted by atomic mass is 32.2. The highest BCUT2D eigenvalue weighted by Crippen LogP contribution is 2.26. The highest BCUT2D eigenvalue weighted by Gasteiger charge is 2.24. The van der Waals surface area contributed by atoms with Crippen LogP contribution in [-0.4, -0.2) is 26.4 Å². The van der Waals surface area contributed by atoms with Gasteiger partial charge in [-0.2, -0.15) is 0 Å². The summed E-state index contributed by atoms with van der Waals surface area (Å²) in [5.74, 6) is 1.01. The minimum Gasteiger partial charge on any atom is -0.368 e. The monoisotopic (exact) mass is 361 g/mol. The Kier molecular flexibility index (Phi) is 7.31. The van der Waals surface area contributed by atoms with E-state index in [1.807, 2.05) is 26.0 Å². The number of carbonyl (C=O) groups is 1. The Morgan fingerprint density at radius 2 is 1.96 bits per heavy atom. The Hall–Kier alpha value is -2.02. The quantitative estimate of drug-likeness (QED) is 0.662. The van der Waals surface area contributed by atoms with Crippen molar-refractivity contribution in [3.05, 3.63) is 29.8 Å². The molecule has 0 bridgehead atoms. The number of nitrogens with zero attached hydrogens (tertiary/aromatic N) is 3. The lowest BCUT2D eigenvalue weighted by atomic mass is 10.1. The van der Waals surface area contributed by atoms with Crippen LogP contribution in [0.3, 0.4) is 0 Å². The van der Waals surface area contributed by atoms with Gasteiger partial charge in [-0.1, -0.05) is 51.1 Å². The predicted octanol–water partition coefficient (Wildman–Crippen LogP) is 3.90. The van der Waals surface area contributed by atoms with Crippen LogP contribution in [0.2, 0.25) is 0 Å². The molecule has 1 atom stereocenters. The number of anilines is 2. The Balaban J connectivity index is 2.11. The maximum absolute atomic E-state index is 12.8. The van der Waals surface area contributed by atoms with E-state index in [0.29, 0.717) is 11.6 Å². The summed E-state index contributed by atoms with van der Waals surface area (Å²) in [5, 5.41) is 11.7. The summed E-state index contributed by atoms with van der Waals surface area (Å²) < 4.78 is 1.72. The summed E-state index contributed by atoms with van der Waals surface area (Å²) in [7, 11) is 0. The molecule has 3 N–H and O–H groups in total. The SMILES string of the molecule is CCCCc1ccc(NC(=O)C(CC)n2c(N)nnc2SCC)cc1. The molecule has 0 aliphatic carbocycles. The van der Waals surface area contributed by atoms with Crippen LogP contribution in [0.15, 0.2) is 29.4 Å². The van der Waals surface area contributed by atoms with Crippen molar-refractivity contribution in [3.63, 3.8) is 0 Å². The van der Waals surface area contributed by atoms with E-state index in [0.717, 1.165) is 17.9 Å². The molecule has 6 nitrogen and oxygen atoms in total. The van der Waals surface area contributed by atoms with Gasteiger partial charge in [-0.05, 0) is 42.7 Å². The molecule has 0 spiro atoms. The fourth-order valence-corrected chi connectivity index (χ4v) is 3.37. The minimum absolute atomic E-state index is 0.103. The standard InChI is InChI=1S/C18H27N5OS/c1-4-7-8-13-9-11-14(12-10-13)20-16(24)15(5-2)23-17(19)21-22-18(23)25-6-3/h9-12,15H,4-8H2,1-3H3,(H2,19,21)(H,20,24). The summed E-state index contributed by atoms with van der Waals surface area (Å²) in [6.45, 7) is 6.17. The van der Waals surface area contributed by atoms with E-state index in [1.165, 1.54) is 30.2 Å². The lowest BCUT2D eigenvalue weighted by molar-refractivity contribution is -0.119. The Bertz CT molecular complexity index is 683. The van der Waals surface area contributed by atoms with Gasteiger partial charge in [-0.25, -0.2) is 0 Å². The molecule has 7 heteroatoms. The van der Waals surface area contributed by atoms with E-state index in [-0.39, 0.29) is 11.9 Å². The van der Waals surface area contributed by atoms with E-state index in [1.54, 1.807) is 4.57 Å². The van der Waals surface area contributed by atoms with Crippen molar-refractivity contribution in [2.45, 2.75) is 57.7 Å². The van der Waals surface area contributed by atoms with Crippen LogP contribution in [0.5, 0.6) is 0 Å². The largest absolute Gasteiger partial charge is 0.368 e. The summed E-state index contributed by atoms with van der Waals surface area (Å²) in [6, 6.07) is 7.61. The summed E-state index contributed by atoms with van der Waals surface area (Å²) in [6.07, 6.45) is 4.03. The third-order valence-corrected chi connectivity index (χ3v) is 4.83. The molecule has 0 radical (unpaired) electrons. The molecule has 136 valence electrons. The molecule has 0 saturated heterocycles. The maximum Gasteiger partial charge on any atom is 0.247 e. The van der Waals surface area contributed by atoms with Crippen LogP contribution in [-0.2, 0) is 11.2 Å². The van der Waals surface area contributed by atoms with Crippen molar-refractivity contribution in [1.82, 2.24) is 14.8 Å². The Morgan fingerprint density at radius 3 is 2.56 bits per heavy atom. The first-order valence-corrected chi connectivity index (χ1v) is 9.82. The maximum atomic E-state index is 12.8. The number of nitrogens with one attached hydrogen (secondary N) is 1. The van der Waals surface area contributed by atoms with Crippen molar-refractivity contribution >= 4 is 29.3 Å². The summed E-state index contributed by atoms with van der Waals surface area (Å²) in [5.41, 5.74) is 8.02. The zero-order valence-electron chi connectivity index (χ0n) is 15.2. The van der Waals surface area contributed by atoms with Gasteiger partial charge in [0.1, 0.15) is 6.04 Å². The third kappa shape index (κ3) is 4.98. The van der Waals surface area contributed by atoms with Crippen LogP contribution < -0.4 is 11.1 Å². The number of hydrogen-bond donors (Lipinski definition) is 2. The van der Waals surface area contributed by atoms with Gasteiger partial charge in [-0.15, -0.1) is 10.2 Å². The second-order valence-corrected chi connectivity index (χ2v) is 7.09. The van der Waals surface area contributed by atoms with E-state index >= 15 is 0 Å². The molecule has 1 amide bonds. The van der Waals surface area contributed by atoms with Gasteiger partial charge >= 0.3 is 0 Å². The topological polar surface area (TPSA) is 85.8 Å². The third-order valence-electron chi connectivity index (χ3n) is 4.01. The molecular formula is C18H27N5OS. The summed E-state index contributed by atoms with van der Waals surface area (Å²) >= 11 is 1.53. The molecule has 0 aliphatic heterocycles. The van der Waals surface area contributed by atoms with E-state index in [9.17, 15) is 4.79 Å². The van der Waals surface area contributed by atoms with Crippen molar-refractivity contribution in [2.24, 2.45) is 0 Å². The number of benzene rings is 1. The zero-order chi connectivity index (χ0) is 18.2. The van der Waals surface area contributed by atoms with Crippen LogP contribution in [0.1, 0.15) is 51.6 Å². The first-order chi connectivity index (χ1) is 12.1. The van der Waals surface area contributed by atoms with Gasteiger partial charge in [0.15, 0.2) is 5.16 Å². The molecule has 25 heavy (non-hydrogen) atoms. The Labute approximate surface area is 153 Å². The predicted molar refractivity (Wildman–Crippen MR) is 104 cm³/mol. The highest BCUT2D eigenvalue weighted by molar-refractivity contribution is 7.99. The van der Waals surface area contributed by atoms with Crippen LogP contribution in [0.25, 0.3) is 0 Å². The van der Waals surface area contributed by atoms with Crippen LogP contribution in [0.4, 0.5) is 11.6 Å². The Morgan fingerprint density at radius 1 is 1.24 bits per heavy atom. The van der Waals surface area contributed by atoms with Crippen LogP contribution in [0, 0.1) is 0 Å². The molecule has 2 rings (SSSR count). The molecule has 0 saturated carbocycles. The number of rotatable bonds is 9. The van der Waals surface area contributed by atoms with Gasteiger partial charge in [0, 0.05) is 5.69 Å². The zero-order valence-corrected chi connectivity index (χ0v) is 16.0. The minimum atomic E-state index is -0.427. The average molecular weight is 362 g/mol. The molecule has 2 aromatic rings. The van der Waals surface area contributed by atoms with E-state index in [2.05, 4.69) is 34.6 Å². The van der Waals surface area contributed by atoms with Gasteiger partial charge in [-0.3, -0.25) is 9.36 Å². The first-order valence-electron chi connectivity index (χ1n) is 8.83. The molecule has 0 aliphatic rings. The van der Waals surface area contributed by atoms with Gasteiger partial charge in [0.2, 0.25) is 11.9 Å². The normalized spacial score (nSPS) is 12.1. The fraction of sp³-hybridized carbons (Fsp3) is 0.500. The second kappa shape index (κ2) is 9.46. The number of hydrogen-bond acceptors (Lipinski definition) is 5. The first kappa shape index (κ1) is 19.3. The van der Waals surface area contributed by atoms with E-state index < -0.39 is 6.04 Å². The van der Waals surface area contributed by atoms with Gasteiger partial charge in [0.25, 0.3) is 0 Å². The number of aryl methyl sites for hydroxylation is 1. The van der Waals surface area contributed by atoms with Crippen molar-refractivity contribution in [3.8, 4) is 0 Å². The number of carbonyl (C=O) groups excluding carboxylic acids is 1. The fourth-order valence-electron chi connectivity index (χ4n) is 2.66. The second-order valence-electron chi connectivity index (χ2n) is 5.86. The average Bonchev–Trinajstić information content (AvgIpc) is 2.96. The van der Waals surface area contributed by atoms with Gasteiger partial charge in [0.05, 0.1) is 0 Å². The lowest BCUT2D eigenvalue weighted by Gasteiger charge is -2.19. The number of amides is 1. The molecule has 0 fully saturated rings. The van der Waals surface area contributed by atoms with Gasteiger partial charge < -0.3 is 11.1 Å². The number of unbranched alkanes of at least 4 members (excludes halogenated alkanes) is 1. The molecule has 1 unspecified atom stereocenters. The molecule has 1 aromatic heterocycles. The molecular weight excluding hydrogens is 334 g/mol. The molecule has 1 heterocycles. The smallest absolute Gasteiger partial charge is 0.247 e. The van der Waals surface area contributed by atoms with Crippen molar-refractivity contribution in [2.75, 3.05) is 16.8 Å². The van der Waals surface area contributed by atoms with Crippen LogP contribution >= 0.6 is 11.8 Å². The van der Waals surface area contributed by atoms with E-state index in [4.69, 9.17) is 5.73 Å². The number of nitrogens with two attached hydrogens (primary N) is 1. The number of nitrogen functional groups attached to an aromatic ring is 1. The number of thioether (sulfide) groups is 1. The summed E-state index contributed by atoms with van der Waals surface area (Å²) in [4.78, 5) is 12.8.